The zero-order valence-electron chi connectivity index (χ0n) is 39.1. The molecule has 4 fully saturated rings. The van der Waals surface area contributed by atoms with Gasteiger partial charge in [0.15, 0.2) is 0 Å². The van der Waals surface area contributed by atoms with E-state index in [9.17, 15) is 37.1 Å². The fourth-order valence-corrected chi connectivity index (χ4v) is 12.0. The van der Waals surface area contributed by atoms with Crippen molar-refractivity contribution in [3.8, 4) is 5.75 Å². The SMILES string of the molecule is COc1cc(C(=O)N2CC3(CCN(c4ccc5c(c4)CN(C4CCC(=O)NC4=O)C5=O)CC3)C2)ccc1NC(=O)[C@@H]1N[C@@H](CC(C)(C)C)[C@@]2(CNc3cc(C(F)(F)F)ncc32)[C@H]1c1cccc(Cl)c1F. The Balaban J connectivity index is 0.829. The Hall–Kier alpha value is -6.27. The van der Waals surface area contributed by atoms with Crippen LogP contribution >= 0.6 is 11.6 Å². The normalized spacial score (nSPS) is 24.9. The maximum atomic E-state index is 16.3. The molecule has 10 rings (SSSR count). The molecule has 1 aromatic heterocycles. The van der Waals surface area contributed by atoms with Crippen LogP contribution < -0.4 is 30.9 Å². The fraction of sp³-hybridized carbons (Fsp3) is 0.451. The number of imide groups is 1. The lowest BCUT2D eigenvalue weighted by atomic mass is 9.63. The number of pyridine rings is 1. The third kappa shape index (κ3) is 8.19. The Morgan fingerprint density at radius 3 is 2.46 bits per heavy atom. The summed E-state index contributed by atoms with van der Waals surface area (Å²) in [5, 5.41) is 11.8. The molecule has 0 aliphatic carbocycles. The molecule has 2 spiro atoms. The van der Waals surface area contributed by atoms with E-state index < -0.39 is 59.0 Å². The molecule has 0 radical (unpaired) electrons. The number of ether oxygens (including phenoxy) is 1. The maximum Gasteiger partial charge on any atom is 0.433 e. The van der Waals surface area contributed by atoms with Gasteiger partial charge in [-0.05, 0) is 90.8 Å². The zero-order valence-corrected chi connectivity index (χ0v) is 39.8. The summed E-state index contributed by atoms with van der Waals surface area (Å²) in [5.74, 6) is -3.22. The van der Waals surface area contributed by atoms with E-state index in [1.165, 1.54) is 19.4 Å². The summed E-state index contributed by atoms with van der Waals surface area (Å²) < 4.78 is 63.7. The highest BCUT2D eigenvalue weighted by Crippen LogP contribution is 2.57. The topological polar surface area (TPSA) is 165 Å². The largest absolute Gasteiger partial charge is 0.495 e. The number of carbonyl (C=O) groups excluding carboxylic acids is 5. The van der Waals surface area contributed by atoms with Crippen LogP contribution in [0.15, 0.2) is 66.9 Å². The first kappa shape index (κ1) is 47.4. The van der Waals surface area contributed by atoms with Crippen molar-refractivity contribution in [2.24, 2.45) is 10.8 Å². The lowest BCUT2D eigenvalue weighted by molar-refractivity contribution is -0.141. The third-order valence-corrected chi connectivity index (χ3v) is 15.6. The van der Waals surface area contributed by atoms with Gasteiger partial charge in [0.05, 0.1) is 23.9 Å². The number of alkyl halides is 3. The van der Waals surface area contributed by atoms with E-state index >= 15 is 4.39 Å². The summed E-state index contributed by atoms with van der Waals surface area (Å²) >= 11 is 6.37. The standard InChI is InChI=1S/C51H53ClF4N8O6/c1-48(2,3)21-39-50(24-58-35-20-38(51(54,55)56)57-22-32(35)50)41(31-6-5-7-33(52)42(31)53)43(60-39)45(67)59-34-11-8-27(19-37(34)70-4)46(68)63-25-49(26-63)14-16-62(17-15-49)29-9-10-30-28(18-29)23-64(47(30)69)36-12-13-40(65)61-44(36)66/h5-11,18-20,22,36,39,41,43,58,60H,12-17,21,23-26H2,1-4H3,(H,59,67)(H,61,65,66)/t36?,39-,41-,43+,50-/m0/s1. The summed E-state index contributed by atoms with van der Waals surface area (Å²) in [6.45, 7) is 9.07. The number of halogens is 5. The molecule has 19 heteroatoms. The molecular weight excluding hydrogens is 932 g/mol. The van der Waals surface area contributed by atoms with Gasteiger partial charge in [0.2, 0.25) is 17.7 Å². The Labute approximate surface area is 406 Å². The number of aromatic nitrogens is 1. The highest BCUT2D eigenvalue weighted by Gasteiger charge is 2.62. The van der Waals surface area contributed by atoms with Crippen molar-refractivity contribution in [1.29, 1.82) is 0 Å². The number of anilines is 3. The maximum absolute atomic E-state index is 16.3. The lowest BCUT2D eigenvalue weighted by Gasteiger charge is -2.54. The van der Waals surface area contributed by atoms with Crippen LogP contribution in [0.2, 0.25) is 5.02 Å². The van der Waals surface area contributed by atoms with E-state index in [1.807, 2.05) is 39.0 Å². The van der Waals surface area contributed by atoms with Crippen LogP contribution in [0, 0.1) is 16.6 Å². The average molecular weight is 985 g/mol. The molecule has 6 aliphatic rings. The second-order valence-corrected chi connectivity index (χ2v) is 21.3. The number of benzene rings is 3. The van der Waals surface area contributed by atoms with Crippen molar-refractivity contribution in [2.75, 3.05) is 55.4 Å². The molecule has 3 aromatic carbocycles. The number of hydrogen-bond acceptors (Lipinski definition) is 10. The molecule has 6 aliphatic heterocycles. The Bertz CT molecular complexity index is 2840. The summed E-state index contributed by atoms with van der Waals surface area (Å²) in [6, 6.07) is 13.7. The lowest BCUT2D eigenvalue weighted by Crippen LogP contribution is -2.61. The van der Waals surface area contributed by atoms with Crippen molar-refractivity contribution in [2.45, 2.75) is 95.1 Å². The number of piperidine rings is 2. The van der Waals surface area contributed by atoms with Gasteiger partial charge in [-0.3, -0.25) is 34.3 Å². The van der Waals surface area contributed by atoms with Crippen molar-refractivity contribution in [1.82, 2.24) is 25.4 Å². The number of carbonyl (C=O) groups is 5. The summed E-state index contributed by atoms with van der Waals surface area (Å²) in [5.41, 5.74) is 1.16. The van der Waals surface area contributed by atoms with Crippen LogP contribution in [0.5, 0.6) is 5.75 Å². The molecule has 1 unspecified atom stereocenters. The monoisotopic (exact) mass is 984 g/mol. The minimum absolute atomic E-state index is 0.0546. The number of likely N-dealkylation sites (tertiary alicyclic amines) is 1. The van der Waals surface area contributed by atoms with E-state index in [-0.39, 0.29) is 69.2 Å². The second-order valence-electron chi connectivity index (χ2n) is 20.9. The molecule has 5 atom stereocenters. The molecule has 4 aromatic rings. The first-order valence-corrected chi connectivity index (χ1v) is 23.9. The van der Waals surface area contributed by atoms with Gasteiger partial charge < -0.3 is 35.4 Å². The molecule has 70 heavy (non-hydrogen) atoms. The third-order valence-electron chi connectivity index (χ3n) is 15.3. The predicted molar refractivity (Wildman–Crippen MR) is 252 cm³/mol. The van der Waals surface area contributed by atoms with Crippen molar-refractivity contribution in [3.05, 3.63) is 111 Å². The quantitative estimate of drug-likeness (QED) is 0.104. The number of nitrogens with one attached hydrogen (secondary N) is 4. The minimum atomic E-state index is -4.70. The Morgan fingerprint density at radius 1 is 1.00 bits per heavy atom. The van der Waals surface area contributed by atoms with Crippen LogP contribution in [0.3, 0.4) is 0 Å². The zero-order chi connectivity index (χ0) is 49.7. The van der Waals surface area contributed by atoms with Gasteiger partial charge in [0.25, 0.3) is 11.8 Å². The molecule has 7 heterocycles. The van der Waals surface area contributed by atoms with Crippen LogP contribution in [0.4, 0.5) is 34.6 Å². The highest BCUT2D eigenvalue weighted by molar-refractivity contribution is 6.30. The number of hydrogen-bond donors (Lipinski definition) is 4. The van der Waals surface area contributed by atoms with Gasteiger partial charge in [-0.15, -0.1) is 0 Å². The summed E-state index contributed by atoms with van der Waals surface area (Å²) in [7, 11) is 1.43. The van der Waals surface area contributed by atoms with Gasteiger partial charge >= 0.3 is 6.18 Å². The minimum Gasteiger partial charge on any atom is -0.495 e. The summed E-state index contributed by atoms with van der Waals surface area (Å²) in [4.78, 5) is 75.6. The van der Waals surface area contributed by atoms with Crippen molar-refractivity contribution < 1.29 is 46.3 Å². The number of amides is 5. The van der Waals surface area contributed by atoms with E-state index in [1.54, 1.807) is 40.1 Å². The number of rotatable bonds is 8. The smallest absolute Gasteiger partial charge is 0.433 e. The van der Waals surface area contributed by atoms with Crippen LogP contribution in [0.1, 0.15) is 102 Å². The van der Waals surface area contributed by atoms with Gasteiger partial charge in [-0.25, -0.2) is 4.39 Å². The first-order valence-electron chi connectivity index (χ1n) is 23.5. The van der Waals surface area contributed by atoms with Crippen molar-refractivity contribution in [3.63, 3.8) is 0 Å². The van der Waals surface area contributed by atoms with E-state index in [0.29, 0.717) is 49.2 Å². The molecular formula is C51H53ClF4N8O6. The van der Waals surface area contributed by atoms with E-state index in [2.05, 4.69) is 31.2 Å². The van der Waals surface area contributed by atoms with Gasteiger partial charge in [0, 0.05) is 103 Å². The van der Waals surface area contributed by atoms with Gasteiger partial charge in [0.1, 0.15) is 23.3 Å². The first-order chi connectivity index (χ1) is 33.2. The molecule has 5 amide bonds. The highest BCUT2D eigenvalue weighted by atomic mass is 35.5. The number of fused-ring (bicyclic) bond motifs is 3. The van der Waals surface area contributed by atoms with Crippen LogP contribution in [-0.2, 0) is 32.5 Å². The fourth-order valence-electron chi connectivity index (χ4n) is 11.9. The molecule has 14 nitrogen and oxygen atoms in total. The van der Waals surface area contributed by atoms with Gasteiger partial charge in [-0.1, -0.05) is 44.5 Å². The van der Waals surface area contributed by atoms with Gasteiger partial charge in [-0.2, -0.15) is 13.2 Å². The molecule has 4 saturated heterocycles. The van der Waals surface area contributed by atoms with E-state index in [0.717, 1.165) is 43.2 Å². The van der Waals surface area contributed by atoms with Crippen LogP contribution in [-0.4, -0.2) is 102 Å². The number of methoxy groups -OCH3 is 1. The molecule has 0 bridgehead atoms. The molecule has 368 valence electrons. The van der Waals surface area contributed by atoms with Crippen molar-refractivity contribution >= 4 is 58.2 Å². The predicted octanol–water partition coefficient (Wildman–Crippen LogP) is 7.27. The second kappa shape index (κ2) is 17.2. The number of nitrogens with zero attached hydrogens (tertiary/aromatic N) is 4. The average Bonchev–Trinajstić information content (AvgIpc) is 3.96. The molecule has 0 saturated carbocycles. The van der Waals surface area contributed by atoms with Crippen LogP contribution in [0.25, 0.3) is 0 Å². The summed E-state index contributed by atoms with van der Waals surface area (Å²) in [6.07, 6.45) is -0.861. The molecule has 4 N–H and O–H groups in total. The van der Waals surface area contributed by atoms with E-state index in [4.69, 9.17) is 16.3 Å². The Morgan fingerprint density at radius 2 is 1.76 bits per heavy atom. The Kier molecular flexibility index (Phi) is 11.7.